The van der Waals surface area contributed by atoms with Crippen LogP contribution in [0.25, 0.3) is 0 Å². The van der Waals surface area contributed by atoms with E-state index in [4.69, 9.17) is 0 Å². The molecule has 0 bridgehead atoms. The SMILES string of the molecule is CCCCCCCCCCCCCCCCN1C(=O)CCCC1=O. The first-order valence-electron chi connectivity index (χ1n) is 10.6. The van der Waals surface area contributed by atoms with Crippen LogP contribution in [-0.2, 0) is 9.59 Å². The van der Waals surface area contributed by atoms with Gasteiger partial charge in [0.25, 0.3) is 0 Å². The smallest absolute Gasteiger partial charge is 0.229 e. The first-order valence-corrected chi connectivity index (χ1v) is 10.6. The lowest BCUT2D eigenvalue weighted by atomic mass is 10.0. The Morgan fingerprint density at radius 3 is 1.42 bits per heavy atom. The third-order valence-corrected chi connectivity index (χ3v) is 5.12. The van der Waals surface area contributed by atoms with Crippen LogP contribution in [0.15, 0.2) is 0 Å². The number of carbonyl (C=O) groups excluding carboxylic acids is 2. The second kappa shape index (κ2) is 14.5. The maximum Gasteiger partial charge on any atom is 0.229 e. The Labute approximate surface area is 149 Å². The van der Waals surface area contributed by atoms with Gasteiger partial charge in [-0.15, -0.1) is 0 Å². The summed E-state index contributed by atoms with van der Waals surface area (Å²) in [6, 6.07) is 0. The molecule has 0 aromatic rings. The van der Waals surface area contributed by atoms with Crippen LogP contribution in [-0.4, -0.2) is 23.3 Å². The summed E-state index contributed by atoms with van der Waals surface area (Å²) in [5.41, 5.74) is 0. The van der Waals surface area contributed by atoms with Gasteiger partial charge in [0.2, 0.25) is 11.8 Å². The van der Waals surface area contributed by atoms with Gasteiger partial charge in [-0.2, -0.15) is 0 Å². The van der Waals surface area contributed by atoms with Gasteiger partial charge in [0.1, 0.15) is 0 Å². The fraction of sp³-hybridized carbons (Fsp3) is 0.905. The number of rotatable bonds is 15. The van der Waals surface area contributed by atoms with Crippen molar-refractivity contribution in [1.29, 1.82) is 0 Å². The van der Waals surface area contributed by atoms with Crippen LogP contribution >= 0.6 is 0 Å². The Balaban J connectivity index is 1.81. The largest absolute Gasteiger partial charge is 0.283 e. The molecule has 1 rings (SSSR count). The Kier molecular flexibility index (Phi) is 12.8. The topological polar surface area (TPSA) is 37.4 Å². The van der Waals surface area contributed by atoms with E-state index in [0.29, 0.717) is 19.4 Å². The fourth-order valence-corrected chi connectivity index (χ4v) is 3.51. The molecule has 0 N–H and O–H groups in total. The zero-order valence-corrected chi connectivity index (χ0v) is 16.0. The molecule has 0 saturated carbocycles. The van der Waals surface area contributed by atoms with E-state index in [0.717, 1.165) is 19.3 Å². The molecule has 0 aromatic heterocycles. The minimum absolute atomic E-state index is 0.0425. The molecule has 0 atom stereocenters. The Hall–Kier alpha value is -0.860. The molecule has 0 aliphatic carbocycles. The number of hydrogen-bond donors (Lipinski definition) is 0. The van der Waals surface area contributed by atoms with Crippen molar-refractivity contribution in [1.82, 2.24) is 4.90 Å². The van der Waals surface area contributed by atoms with Crippen molar-refractivity contribution < 1.29 is 9.59 Å². The van der Waals surface area contributed by atoms with Gasteiger partial charge in [-0.1, -0.05) is 90.4 Å². The van der Waals surface area contributed by atoms with Crippen molar-refractivity contribution in [2.45, 2.75) is 116 Å². The second-order valence-electron chi connectivity index (χ2n) is 7.39. The molecule has 1 aliphatic rings. The van der Waals surface area contributed by atoms with E-state index in [2.05, 4.69) is 6.92 Å². The summed E-state index contributed by atoms with van der Waals surface area (Å²) < 4.78 is 0. The van der Waals surface area contributed by atoms with Crippen LogP contribution in [0, 0.1) is 0 Å². The summed E-state index contributed by atoms with van der Waals surface area (Å²) in [4.78, 5) is 24.8. The molecule has 140 valence electrons. The molecule has 0 aromatic carbocycles. The van der Waals surface area contributed by atoms with E-state index < -0.39 is 0 Å². The quantitative estimate of drug-likeness (QED) is 0.271. The normalized spacial score (nSPS) is 15.3. The monoisotopic (exact) mass is 337 g/mol. The lowest BCUT2D eigenvalue weighted by Crippen LogP contribution is -2.40. The van der Waals surface area contributed by atoms with Crippen molar-refractivity contribution in [2.75, 3.05) is 6.54 Å². The summed E-state index contributed by atoms with van der Waals surface area (Å²) in [6.45, 7) is 2.92. The van der Waals surface area contributed by atoms with Crippen LogP contribution in [0.5, 0.6) is 0 Å². The molecule has 3 heteroatoms. The molecular weight excluding hydrogens is 298 g/mol. The van der Waals surface area contributed by atoms with Crippen LogP contribution in [0.4, 0.5) is 0 Å². The van der Waals surface area contributed by atoms with Gasteiger partial charge in [0, 0.05) is 19.4 Å². The number of nitrogens with zero attached hydrogens (tertiary/aromatic N) is 1. The highest BCUT2D eigenvalue weighted by molar-refractivity contribution is 5.97. The van der Waals surface area contributed by atoms with Gasteiger partial charge in [-0.25, -0.2) is 0 Å². The predicted molar refractivity (Wildman–Crippen MR) is 101 cm³/mol. The Morgan fingerprint density at radius 1 is 0.625 bits per heavy atom. The third kappa shape index (κ3) is 10.1. The summed E-state index contributed by atoms with van der Waals surface area (Å²) in [6.07, 6.45) is 20.5. The average molecular weight is 338 g/mol. The number of hydrogen-bond acceptors (Lipinski definition) is 2. The molecular formula is C21H39NO2. The summed E-state index contributed by atoms with van der Waals surface area (Å²) >= 11 is 0. The lowest BCUT2D eigenvalue weighted by molar-refractivity contribution is -0.147. The number of carbonyl (C=O) groups is 2. The summed E-state index contributed by atoms with van der Waals surface area (Å²) in [5, 5.41) is 0. The molecule has 1 heterocycles. The number of amides is 2. The fourth-order valence-electron chi connectivity index (χ4n) is 3.51. The predicted octanol–water partition coefficient (Wildman–Crippen LogP) is 6.01. The average Bonchev–Trinajstić information content (AvgIpc) is 2.57. The van der Waals surface area contributed by atoms with Crippen LogP contribution in [0.1, 0.15) is 116 Å². The molecule has 0 unspecified atom stereocenters. The number of likely N-dealkylation sites (tertiary alicyclic amines) is 1. The number of unbranched alkanes of at least 4 members (excludes halogenated alkanes) is 13. The minimum Gasteiger partial charge on any atom is -0.283 e. The van der Waals surface area contributed by atoms with E-state index in [1.165, 1.54) is 81.9 Å². The van der Waals surface area contributed by atoms with Crippen molar-refractivity contribution in [3.8, 4) is 0 Å². The molecule has 3 nitrogen and oxygen atoms in total. The zero-order valence-electron chi connectivity index (χ0n) is 16.0. The van der Waals surface area contributed by atoms with E-state index in [1.54, 1.807) is 0 Å². The van der Waals surface area contributed by atoms with Gasteiger partial charge in [-0.3, -0.25) is 14.5 Å². The second-order valence-corrected chi connectivity index (χ2v) is 7.39. The molecule has 1 saturated heterocycles. The van der Waals surface area contributed by atoms with E-state index in [1.807, 2.05) is 0 Å². The highest BCUT2D eigenvalue weighted by Gasteiger charge is 2.24. The van der Waals surface area contributed by atoms with Crippen molar-refractivity contribution in [3.63, 3.8) is 0 Å². The van der Waals surface area contributed by atoms with Gasteiger partial charge >= 0.3 is 0 Å². The maximum atomic E-state index is 11.7. The van der Waals surface area contributed by atoms with E-state index >= 15 is 0 Å². The van der Waals surface area contributed by atoms with Crippen molar-refractivity contribution >= 4 is 11.8 Å². The minimum atomic E-state index is 0.0425. The van der Waals surface area contributed by atoms with E-state index in [9.17, 15) is 9.59 Å². The van der Waals surface area contributed by atoms with Crippen molar-refractivity contribution in [3.05, 3.63) is 0 Å². The molecule has 0 spiro atoms. The number of imide groups is 1. The number of piperidine rings is 1. The van der Waals surface area contributed by atoms with Crippen molar-refractivity contribution in [2.24, 2.45) is 0 Å². The summed E-state index contributed by atoms with van der Waals surface area (Å²) in [7, 11) is 0. The zero-order chi connectivity index (χ0) is 17.5. The first kappa shape index (κ1) is 21.2. The molecule has 1 fully saturated rings. The molecule has 0 radical (unpaired) electrons. The molecule has 24 heavy (non-hydrogen) atoms. The van der Waals surface area contributed by atoms with Crippen LogP contribution in [0.3, 0.4) is 0 Å². The lowest BCUT2D eigenvalue weighted by Gasteiger charge is -2.24. The third-order valence-electron chi connectivity index (χ3n) is 5.12. The van der Waals surface area contributed by atoms with Gasteiger partial charge in [0.15, 0.2) is 0 Å². The Bertz CT molecular complexity index is 325. The molecule has 2 amide bonds. The Morgan fingerprint density at radius 2 is 1.00 bits per heavy atom. The van der Waals surface area contributed by atoms with Gasteiger partial charge in [0.05, 0.1) is 0 Å². The standard InChI is InChI=1S/C21H39NO2/c1-2-3-4-5-6-7-8-9-10-11-12-13-14-15-19-22-20(23)17-16-18-21(22)24/h2-19H2,1H3. The van der Waals surface area contributed by atoms with Gasteiger partial charge in [-0.05, 0) is 12.8 Å². The van der Waals surface area contributed by atoms with Gasteiger partial charge < -0.3 is 0 Å². The molecule has 1 aliphatic heterocycles. The van der Waals surface area contributed by atoms with E-state index in [-0.39, 0.29) is 11.8 Å². The maximum absolute atomic E-state index is 11.7. The first-order chi connectivity index (χ1) is 11.8. The van der Waals surface area contributed by atoms with Crippen LogP contribution in [0.2, 0.25) is 0 Å². The summed E-state index contributed by atoms with van der Waals surface area (Å²) in [5.74, 6) is 0.0851. The highest BCUT2D eigenvalue weighted by Crippen LogP contribution is 2.15. The van der Waals surface area contributed by atoms with Crippen LogP contribution < -0.4 is 0 Å². The highest BCUT2D eigenvalue weighted by atomic mass is 16.2.